The lowest BCUT2D eigenvalue weighted by atomic mass is 10.2. The lowest BCUT2D eigenvalue weighted by Crippen LogP contribution is -1.92. The summed E-state index contributed by atoms with van der Waals surface area (Å²) in [5.41, 5.74) is 0.282. The molecule has 66 valence electrons. The first-order valence-corrected chi connectivity index (χ1v) is 5.11. The quantitative estimate of drug-likeness (QED) is 0.778. The molecule has 0 aliphatic rings. The third-order valence-corrected chi connectivity index (χ3v) is 3.82. The minimum atomic E-state index is -0.943. The van der Waals surface area contributed by atoms with Crippen LogP contribution in [0.15, 0.2) is 11.4 Å². The zero-order chi connectivity index (χ0) is 9.42. The highest BCUT2D eigenvalue weighted by Crippen LogP contribution is 2.33. The summed E-state index contributed by atoms with van der Waals surface area (Å²) in [7, 11) is 0. The lowest BCUT2D eigenvalue weighted by molar-refractivity contribution is 0.0699. The van der Waals surface area contributed by atoms with Gasteiger partial charge in [-0.2, -0.15) is 0 Å². The molecule has 13 heavy (non-hydrogen) atoms. The van der Waals surface area contributed by atoms with Gasteiger partial charge in [-0.1, -0.05) is 0 Å². The van der Waals surface area contributed by atoms with E-state index in [1.54, 1.807) is 11.4 Å². The van der Waals surface area contributed by atoms with E-state index in [4.69, 9.17) is 5.11 Å². The van der Waals surface area contributed by atoms with Crippen LogP contribution < -0.4 is 0 Å². The third kappa shape index (κ3) is 1.26. The molecule has 0 unspecified atom stereocenters. The molecule has 0 saturated heterocycles. The molecule has 0 fully saturated rings. The van der Waals surface area contributed by atoms with Crippen LogP contribution in [0.25, 0.3) is 9.40 Å². The van der Waals surface area contributed by atoms with Crippen molar-refractivity contribution in [2.75, 3.05) is 0 Å². The lowest BCUT2D eigenvalue weighted by Gasteiger charge is -1.84. The van der Waals surface area contributed by atoms with Gasteiger partial charge in [0.1, 0.15) is 0 Å². The normalized spacial score (nSPS) is 10.5. The molecule has 2 heterocycles. The van der Waals surface area contributed by atoms with E-state index in [9.17, 15) is 9.59 Å². The van der Waals surface area contributed by atoms with Crippen LogP contribution >= 0.6 is 22.7 Å². The van der Waals surface area contributed by atoms with Crippen molar-refractivity contribution in [3.63, 3.8) is 0 Å². The first kappa shape index (κ1) is 8.40. The van der Waals surface area contributed by atoms with Gasteiger partial charge in [0.25, 0.3) is 0 Å². The standard InChI is InChI=1S/C8H4O3S2/c9-2-4-1-5-6(7(10)11)3-12-8(5)13-4/h1-3H,(H,10,11). The first-order chi connectivity index (χ1) is 6.22. The van der Waals surface area contributed by atoms with Crippen LogP contribution in [0.2, 0.25) is 0 Å². The fourth-order valence-electron chi connectivity index (χ4n) is 1.07. The molecular formula is C8H4O3S2. The van der Waals surface area contributed by atoms with Gasteiger partial charge in [0.05, 0.1) is 14.5 Å². The Kier molecular flexibility index (Phi) is 1.90. The van der Waals surface area contributed by atoms with Gasteiger partial charge in [-0.25, -0.2) is 4.79 Å². The third-order valence-electron chi connectivity index (χ3n) is 1.64. The molecule has 2 aromatic heterocycles. The number of hydrogen-bond acceptors (Lipinski definition) is 4. The summed E-state index contributed by atoms with van der Waals surface area (Å²) in [4.78, 5) is 21.7. The van der Waals surface area contributed by atoms with Crippen molar-refractivity contribution in [2.24, 2.45) is 0 Å². The number of fused-ring (bicyclic) bond motifs is 1. The SMILES string of the molecule is O=Cc1cc2c(C(=O)O)csc2s1. The summed E-state index contributed by atoms with van der Waals surface area (Å²) < 4.78 is 0.888. The van der Waals surface area contributed by atoms with Crippen molar-refractivity contribution in [1.29, 1.82) is 0 Å². The van der Waals surface area contributed by atoms with E-state index in [0.717, 1.165) is 10.3 Å². The molecule has 0 saturated carbocycles. The molecule has 5 heteroatoms. The summed E-state index contributed by atoms with van der Waals surface area (Å²) in [6, 6.07) is 1.62. The number of rotatable bonds is 2. The van der Waals surface area contributed by atoms with Crippen LogP contribution in [-0.2, 0) is 0 Å². The number of aromatic carboxylic acids is 1. The predicted molar refractivity (Wildman–Crippen MR) is 52.0 cm³/mol. The highest BCUT2D eigenvalue weighted by atomic mass is 32.2. The van der Waals surface area contributed by atoms with Gasteiger partial charge in [0.15, 0.2) is 6.29 Å². The van der Waals surface area contributed by atoms with E-state index in [1.807, 2.05) is 0 Å². The van der Waals surface area contributed by atoms with Crippen molar-refractivity contribution in [2.45, 2.75) is 0 Å². The second-order valence-electron chi connectivity index (χ2n) is 2.42. The van der Waals surface area contributed by atoms with Gasteiger partial charge < -0.3 is 5.11 Å². The van der Waals surface area contributed by atoms with E-state index in [1.165, 1.54) is 22.7 Å². The van der Waals surface area contributed by atoms with Crippen LogP contribution in [0.1, 0.15) is 20.0 Å². The number of carbonyl (C=O) groups excluding carboxylic acids is 1. The van der Waals surface area contributed by atoms with Crippen LogP contribution in [0.4, 0.5) is 0 Å². The van der Waals surface area contributed by atoms with Gasteiger partial charge in [-0.15, -0.1) is 22.7 Å². The zero-order valence-electron chi connectivity index (χ0n) is 6.31. The second kappa shape index (κ2) is 2.93. The molecule has 0 aliphatic carbocycles. The van der Waals surface area contributed by atoms with E-state index >= 15 is 0 Å². The van der Waals surface area contributed by atoms with Crippen molar-refractivity contribution in [1.82, 2.24) is 0 Å². The zero-order valence-corrected chi connectivity index (χ0v) is 7.95. The summed E-state index contributed by atoms with van der Waals surface area (Å²) in [5.74, 6) is -0.943. The number of hydrogen-bond donors (Lipinski definition) is 1. The topological polar surface area (TPSA) is 54.4 Å². The molecule has 2 aromatic rings. The van der Waals surface area contributed by atoms with Gasteiger partial charge in [-0.3, -0.25) is 4.79 Å². The molecule has 0 radical (unpaired) electrons. The monoisotopic (exact) mass is 212 g/mol. The molecule has 0 aromatic carbocycles. The Bertz CT molecular complexity index is 481. The largest absolute Gasteiger partial charge is 0.478 e. The van der Waals surface area contributed by atoms with Crippen molar-refractivity contribution in [3.8, 4) is 0 Å². The summed E-state index contributed by atoms with van der Waals surface area (Å²) in [5, 5.41) is 11.0. The molecule has 2 rings (SSSR count). The Hall–Kier alpha value is -1.20. The maximum Gasteiger partial charge on any atom is 0.337 e. The van der Waals surface area contributed by atoms with Gasteiger partial charge in [0, 0.05) is 10.8 Å². The van der Waals surface area contributed by atoms with Crippen molar-refractivity contribution in [3.05, 3.63) is 21.9 Å². The molecule has 3 nitrogen and oxygen atoms in total. The molecule has 1 N–H and O–H groups in total. The number of carbonyl (C=O) groups is 2. The maximum atomic E-state index is 10.7. The maximum absolute atomic E-state index is 10.7. The highest BCUT2D eigenvalue weighted by molar-refractivity contribution is 7.38. The average Bonchev–Trinajstić information content (AvgIpc) is 2.59. The molecule has 0 amide bonds. The Balaban J connectivity index is 2.71. The Labute approximate surface area is 81.2 Å². The van der Waals surface area contributed by atoms with E-state index in [2.05, 4.69) is 0 Å². The fourth-order valence-corrected chi connectivity index (χ4v) is 3.16. The van der Waals surface area contributed by atoms with Gasteiger partial charge >= 0.3 is 5.97 Å². The van der Waals surface area contributed by atoms with Crippen LogP contribution in [0, 0.1) is 0 Å². The van der Waals surface area contributed by atoms with Gasteiger partial charge in [-0.05, 0) is 6.07 Å². The minimum Gasteiger partial charge on any atom is -0.478 e. The number of thiophene rings is 2. The fraction of sp³-hybridized carbons (Fsp3) is 0. The summed E-state index contributed by atoms with van der Waals surface area (Å²) in [6.45, 7) is 0. The van der Waals surface area contributed by atoms with E-state index < -0.39 is 5.97 Å². The van der Waals surface area contributed by atoms with E-state index in [-0.39, 0.29) is 5.56 Å². The number of carboxylic acid groups (broad SMARTS) is 1. The van der Waals surface area contributed by atoms with Crippen LogP contribution in [-0.4, -0.2) is 17.4 Å². The molecule has 0 spiro atoms. The Morgan fingerprint density at radius 1 is 1.54 bits per heavy atom. The average molecular weight is 212 g/mol. The predicted octanol–water partition coefficient (Wildman–Crippen LogP) is 2.47. The minimum absolute atomic E-state index is 0.282. The molecule has 0 atom stereocenters. The van der Waals surface area contributed by atoms with Crippen molar-refractivity contribution >= 4 is 44.3 Å². The van der Waals surface area contributed by atoms with Gasteiger partial charge in [0.2, 0.25) is 0 Å². The summed E-state index contributed by atoms with van der Waals surface area (Å²) >= 11 is 2.68. The second-order valence-corrected chi connectivity index (χ2v) is 4.64. The van der Waals surface area contributed by atoms with E-state index in [0.29, 0.717) is 10.3 Å². The smallest absolute Gasteiger partial charge is 0.337 e. The Morgan fingerprint density at radius 2 is 2.31 bits per heavy atom. The van der Waals surface area contributed by atoms with Crippen molar-refractivity contribution < 1.29 is 14.7 Å². The molecule has 0 aliphatic heterocycles. The van der Waals surface area contributed by atoms with Crippen LogP contribution in [0.5, 0.6) is 0 Å². The molecular weight excluding hydrogens is 208 g/mol. The molecule has 0 bridgehead atoms. The number of carboxylic acids is 1. The summed E-state index contributed by atoms with van der Waals surface area (Å²) in [6.07, 6.45) is 0.739. The number of aldehydes is 1. The highest BCUT2D eigenvalue weighted by Gasteiger charge is 2.13. The first-order valence-electron chi connectivity index (χ1n) is 3.42. The Morgan fingerprint density at radius 3 is 2.92 bits per heavy atom. The van der Waals surface area contributed by atoms with Crippen LogP contribution in [0.3, 0.4) is 0 Å².